The molecular weight excluding hydrogens is 260 g/mol. The SMILES string of the molecule is N#CCOc1ccc(NCc2ccccc2Cl)cc1. The first-order chi connectivity index (χ1) is 9.29. The van der Waals surface area contributed by atoms with Gasteiger partial charge in [-0.05, 0) is 35.9 Å². The van der Waals surface area contributed by atoms with Crippen molar-refractivity contribution in [2.45, 2.75) is 6.54 Å². The molecule has 0 aliphatic rings. The number of ether oxygens (including phenoxy) is 1. The molecule has 2 aromatic rings. The second-order valence-electron chi connectivity index (χ2n) is 3.92. The second kappa shape index (κ2) is 6.67. The highest BCUT2D eigenvalue weighted by molar-refractivity contribution is 6.31. The van der Waals surface area contributed by atoms with E-state index in [9.17, 15) is 0 Å². The Morgan fingerprint density at radius 1 is 1.11 bits per heavy atom. The first-order valence-electron chi connectivity index (χ1n) is 5.86. The lowest BCUT2D eigenvalue weighted by molar-refractivity contribution is 0.368. The van der Waals surface area contributed by atoms with Crippen molar-refractivity contribution < 1.29 is 4.74 Å². The maximum absolute atomic E-state index is 8.42. The van der Waals surface area contributed by atoms with E-state index in [-0.39, 0.29) is 6.61 Å². The van der Waals surface area contributed by atoms with E-state index in [4.69, 9.17) is 21.6 Å². The highest BCUT2D eigenvalue weighted by Gasteiger charge is 1.99. The van der Waals surface area contributed by atoms with Crippen molar-refractivity contribution in [1.82, 2.24) is 0 Å². The Hall–Kier alpha value is -2.18. The molecule has 0 aliphatic heterocycles. The van der Waals surface area contributed by atoms with Gasteiger partial charge in [0.15, 0.2) is 6.61 Å². The van der Waals surface area contributed by atoms with Gasteiger partial charge >= 0.3 is 0 Å². The van der Waals surface area contributed by atoms with Gasteiger partial charge in [0.25, 0.3) is 0 Å². The topological polar surface area (TPSA) is 45.0 Å². The van der Waals surface area contributed by atoms with E-state index in [0.29, 0.717) is 12.3 Å². The standard InChI is InChI=1S/C15H13ClN2O/c16-15-4-2-1-3-12(15)11-18-13-5-7-14(8-6-13)19-10-9-17/h1-8,18H,10-11H2. The first kappa shape index (κ1) is 13.3. The fourth-order valence-corrected chi connectivity index (χ4v) is 1.83. The molecule has 0 amide bonds. The smallest absolute Gasteiger partial charge is 0.174 e. The molecule has 0 aliphatic carbocycles. The average molecular weight is 273 g/mol. The number of rotatable bonds is 5. The van der Waals surface area contributed by atoms with Crippen LogP contribution in [0.4, 0.5) is 5.69 Å². The van der Waals surface area contributed by atoms with Crippen molar-refractivity contribution in [3.8, 4) is 11.8 Å². The summed E-state index contributed by atoms with van der Waals surface area (Å²) in [5.74, 6) is 0.685. The monoisotopic (exact) mass is 272 g/mol. The van der Waals surface area contributed by atoms with E-state index >= 15 is 0 Å². The fourth-order valence-electron chi connectivity index (χ4n) is 1.62. The van der Waals surface area contributed by atoms with E-state index < -0.39 is 0 Å². The minimum absolute atomic E-state index is 0.0619. The van der Waals surface area contributed by atoms with Crippen LogP contribution in [0, 0.1) is 11.3 Å². The zero-order chi connectivity index (χ0) is 13.5. The van der Waals surface area contributed by atoms with Crippen LogP contribution in [0.2, 0.25) is 5.02 Å². The van der Waals surface area contributed by atoms with Crippen molar-refractivity contribution >= 4 is 17.3 Å². The van der Waals surface area contributed by atoms with E-state index in [2.05, 4.69) is 5.32 Å². The molecule has 0 atom stereocenters. The Kier molecular flexibility index (Phi) is 4.66. The van der Waals surface area contributed by atoms with Gasteiger partial charge in [0.2, 0.25) is 0 Å². The molecule has 0 fully saturated rings. The Labute approximate surface area is 117 Å². The molecule has 0 saturated heterocycles. The fraction of sp³-hybridized carbons (Fsp3) is 0.133. The molecule has 96 valence electrons. The van der Waals surface area contributed by atoms with E-state index in [1.54, 1.807) is 0 Å². The third-order valence-corrected chi connectivity index (χ3v) is 2.97. The van der Waals surface area contributed by atoms with Gasteiger partial charge in [-0.1, -0.05) is 29.8 Å². The van der Waals surface area contributed by atoms with Crippen LogP contribution >= 0.6 is 11.6 Å². The third kappa shape index (κ3) is 3.90. The maximum Gasteiger partial charge on any atom is 0.174 e. The Balaban J connectivity index is 1.93. The second-order valence-corrected chi connectivity index (χ2v) is 4.32. The van der Waals surface area contributed by atoms with Crippen LogP contribution in [0.25, 0.3) is 0 Å². The maximum atomic E-state index is 8.42. The molecule has 0 heterocycles. The Morgan fingerprint density at radius 3 is 2.53 bits per heavy atom. The third-order valence-electron chi connectivity index (χ3n) is 2.60. The summed E-state index contributed by atoms with van der Waals surface area (Å²) in [5, 5.41) is 12.5. The van der Waals surface area contributed by atoms with Crippen LogP contribution in [-0.2, 0) is 6.54 Å². The minimum atomic E-state index is 0.0619. The molecule has 2 aromatic carbocycles. The number of nitrogens with one attached hydrogen (secondary N) is 1. The number of nitriles is 1. The number of benzene rings is 2. The van der Waals surface area contributed by atoms with Gasteiger partial charge in [0, 0.05) is 17.3 Å². The minimum Gasteiger partial charge on any atom is -0.479 e. The van der Waals surface area contributed by atoms with Gasteiger partial charge in [0.05, 0.1) is 0 Å². The lowest BCUT2D eigenvalue weighted by atomic mass is 10.2. The number of halogens is 1. The number of hydrogen-bond donors (Lipinski definition) is 1. The summed E-state index contributed by atoms with van der Waals surface area (Å²) in [7, 11) is 0. The summed E-state index contributed by atoms with van der Waals surface area (Å²) in [6, 6.07) is 17.1. The van der Waals surface area contributed by atoms with Gasteiger partial charge in [-0.2, -0.15) is 5.26 Å². The predicted molar refractivity (Wildman–Crippen MR) is 76.3 cm³/mol. The van der Waals surface area contributed by atoms with Crippen LogP contribution in [0.5, 0.6) is 5.75 Å². The summed E-state index contributed by atoms with van der Waals surface area (Å²) >= 11 is 6.08. The summed E-state index contributed by atoms with van der Waals surface area (Å²) < 4.78 is 5.18. The highest BCUT2D eigenvalue weighted by atomic mass is 35.5. The van der Waals surface area contributed by atoms with E-state index in [1.165, 1.54) is 0 Å². The normalized spacial score (nSPS) is 9.68. The molecule has 1 N–H and O–H groups in total. The lowest BCUT2D eigenvalue weighted by Gasteiger charge is -2.08. The van der Waals surface area contributed by atoms with E-state index in [0.717, 1.165) is 16.3 Å². The molecule has 3 nitrogen and oxygen atoms in total. The molecule has 0 bridgehead atoms. The van der Waals surface area contributed by atoms with E-state index in [1.807, 2.05) is 54.6 Å². The predicted octanol–water partition coefficient (Wildman–Crippen LogP) is 3.85. The van der Waals surface area contributed by atoms with Crippen LogP contribution in [0.3, 0.4) is 0 Å². The zero-order valence-electron chi connectivity index (χ0n) is 10.3. The quantitative estimate of drug-likeness (QED) is 0.899. The van der Waals surface area contributed by atoms with Gasteiger partial charge in [-0.3, -0.25) is 0 Å². The van der Waals surface area contributed by atoms with Crippen LogP contribution in [0.1, 0.15) is 5.56 Å². The van der Waals surface area contributed by atoms with Crippen LogP contribution in [0.15, 0.2) is 48.5 Å². The van der Waals surface area contributed by atoms with Crippen molar-refractivity contribution in [2.24, 2.45) is 0 Å². The van der Waals surface area contributed by atoms with Gasteiger partial charge in [-0.15, -0.1) is 0 Å². The molecule has 0 saturated carbocycles. The highest BCUT2D eigenvalue weighted by Crippen LogP contribution is 2.19. The number of hydrogen-bond acceptors (Lipinski definition) is 3. The summed E-state index contributed by atoms with van der Waals surface area (Å²) in [6.07, 6.45) is 0. The molecular formula is C15H13ClN2O. The molecule has 19 heavy (non-hydrogen) atoms. The van der Waals surface area contributed by atoms with Gasteiger partial charge in [-0.25, -0.2) is 0 Å². The molecule has 0 spiro atoms. The number of nitrogens with zero attached hydrogens (tertiary/aromatic N) is 1. The van der Waals surface area contributed by atoms with Crippen molar-refractivity contribution in [3.05, 3.63) is 59.1 Å². The van der Waals surface area contributed by atoms with Crippen molar-refractivity contribution in [2.75, 3.05) is 11.9 Å². The first-order valence-corrected chi connectivity index (χ1v) is 6.24. The van der Waals surface area contributed by atoms with Gasteiger partial charge in [0.1, 0.15) is 11.8 Å². The van der Waals surface area contributed by atoms with Crippen LogP contribution < -0.4 is 10.1 Å². The summed E-state index contributed by atoms with van der Waals surface area (Å²) in [4.78, 5) is 0. The molecule has 0 aromatic heterocycles. The largest absolute Gasteiger partial charge is 0.479 e. The lowest BCUT2D eigenvalue weighted by Crippen LogP contribution is -2.00. The van der Waals surface area contributed by atoms with Gasteiger partial charge < -0.3 is 10.1 Å². The average Bonchev–Trinajstić information content (AvgIpc) is 2.45. The van der Waals surface area contributed by atoms with Crippen LogP contribution in [-0.4, -0.2) is 6.61 Å². The van der Waals surface area contributed by atoms with Crippen molar-refractivity contribution in [3.63, 3.8) is 0 Å². The summed E-state index contributed by atoms with van der Waals surface area (Å²) in [5.41, 5.74) is 2.03. The zero-order valence-corrected chi connectivity index (χ0v) is 11.0. The Bertz CT molecular complexity index is 575. The summed E-state index contributed by atoms with van der Waals surface area (Å²) in [6.45, 7) is 0.727. The molecule has 4 heteroatoms. The van der Waals surface area contributed by atoms with Crippen molar-refractivity contribution in [1.29, 1.82) is 5.26 Å². The Morgan fingerprint density at radius 2 is 1.84 bits per heavy atom. The molecule has 2 rings (SSSR count). The number of anilines is 1. The molecule has 0 unspecified atom stereocenters. The molecule has 0 radical (unpaired) electrons.